The van der Waals surface area contributed by atoms with E-state index in [-0.39, 0.29) is 25.5 Å². The molecule has 3 N–H and O–H groups in total. The third-order valence-corrected chi connectivity index (χ3v) is 5.21. The first-order valence-electron chi connectivity index (χ1n) is 8.89. The first-order chi connectivity index (χ1) is 13.2. The minimum Gasteiger partial charge on any atom is -0.454 e. The van der Waals surface area contributed by atoms with Crippen LogP contribution < -0.4 is 14.8 Å². The Kier molecular flexibility index (Phi) is 3.68. The number of carbonyl (C=O) groups is 1. The number of aromatic amines is 1. The minimum atomic E-state index is -0.272. The number of rotatable bonds is 2. The molecule has 5 rings (SSSR count). The fourth-order valence-electron chi connectivity index (χ4n) is 3.84. The van der Waals surface area contributed by atoms with E-state index in [0.29, 0.717) is 30.2 Å². The predicted molar refractivity (Wildman–Crippen MR) is 100 cm³/mol. The van der Waals surface area contributed by atoms with Gasteiger partial charge in [-0.25, -0.2) is 4.79 Å². The fourth-order valence-corrected chi connectivity index (χ4v) is 3.84. The van der Waals surface area contributed by atoms with Gasteiger partial charge in [0.25, 0.3) is 0 Å². The molecule has 0 fully saturated rings. The molecular weight excluding hydrogens is 346 g/mol. The van der Waals surface area contributed by atoms with Gasteiger partial charge in [0.1, 0.15) is 0 Å². The molecule has 0 bridgehead atoms. The molecule has 0 aliphatic carbocycles. The van der Waals surface area contributed by atoms with Gasteiger partial charge in [0.15, 0.2) is 11.5 Å². The van der Waals surface area contributed by atoms with Crippen molar-refractivity contribution in [3.05, 3.63) is 53.7 Å². The number of benzene rings is 2. The number of urea groups is 1. The van der Waals surface area contributed by atoms with Gasteiger partial charge in [0, 0.05) is 28.4 Å². The van der Waals surface area contributed by atoms with Crippen molar-refractivity contribution >= 4 is 22.6 Å². The summed E-state index contributed by atoms with van der Waals surface area (Å²) in [6.07, 6.45) is 0.615. The first-order valence-corrected chi connectivity index (χ1v) is 8.89. The maximum absolute atomic E-state index is 12.9. The SMILES string of the molecule is O=C(Nc1ccc2c(c1)OCO2)N1Cc2[nH]c3ccccc3c2CC1CO. The van der Waals surface area contributed by atoms with Gasteiger partial charge in [0.05, 0.1) is 19.2 Å². The van der Waals surface area contributed by atoms with Crippen molar-refractivity contribution in [3.63, 3.8) is 0 Å². The Balaban J connectivity index is 1.41. The lowest BCUT2D eigenvalue weighted by Gasteiger charge is -2.34. The molecule has 2 aromatic carbocycles. The Bertz CT molecular complexity index is 1030. The van der Waals surface area contributed by atoms with Crippen molar-refractivity contribution in [2.75, 3.05) is 18.7 Å². The Morgan fingerprint density at radius 1 is 1.22 bits per heavy atom. The molecule has 1 atom stereocenters. The van der Waals surface area contributed by atoms with E-state index in [1.54, 1.807) is 23.1 Å². The second kappa shape index (κ2) is 6.21. The van der Waals surface area contributed by atoms with E-state index < -0.39 is 0 Å². The zero-order chi connectivity index (χ0) is 18.4. The second-order valence-corrected chi connectivity index (χ2v) is 6.79. The highest BCUT2D eigenvalue weighted by Gasteiger charge is 2.31. The Labute approximate surface area is 155 Å². The average molecular weight is 365 g/mol. The van der Waals surface area contributed by atoms with E-state index in [2.05, 4.69) is 16.4 Å². The van der Waals surface area contributed by atoms with E-state index >= 15 is 0 Å². The van der Waals surface area contributed by atoms with Gasteiger partial charge in [-0.15, -0.1) is 0 Å². The monoisotopic (exact) mass is 365 g/mol. The van der Waals surface area contributed by atoms with Crippen LogP contribution in [0, 0.1) is 0 Å². The largest absolute Gasteiger partial charge is 0.454 e. The van der Waals surface area contributed by atoms with Crippen LogP contribution in [0.15, 0.2) is 42.5 Å². The summed E-state index contributed by atoms with van der Waals surface area (Å²) in [5.41, 5.74) is 3.87. The number of hydrogen-bond acceptors (Lipinski definition) is 4. The molecule has 2 aliphatic heterocycles. The highest BCUT2D eigenvalue weighted by atomic mass is 16.7. The summed E-state index contributed by atoms with van der Waals surface area (Å²) < 4.78 is 10.7. The Hall–Kier alpha value is -3.19. The molecule has 27 heavy (non-hydrogen) atoms. The maximum atomic E-state index is 12.9. The highest BCUT2D eigenvalue weighted by Crippen LogP contribution is 2.35. The molecule has 0 spiro atoms. The van der Waals surface area contributed by atoms with E-state index in [1.807, 2.05) is 18.2 Å². The van der Waals surface area contributed by atoms with Crippen LogP contribution in [0.4, 0.5) is 10.5 Å². The number of nitrogens with one attached hydrogen (secondary N) is 2. The standard InChI is InChI=1S/C20H19N3O4/c24-10-13-8-15-14-3-1-2-4-16(14)22-17(15)9-23(13)20(25)21-12-5-6-18-19(7-12)27-11-26-18/h1-7,13,22,24H,8-11H2,(H,21,25). The summed E-state index contributed by atoms with van der Waals surface area (Å²) in [4.78, 5) is 18.0. The van der Waals surface area contributed by atoms with Gasteiger partial charge >= 0.3 is 6.03 Å². The number of hydrogen-bond donors (Lipinski definition) is 3. The topological polar surface area (TPSA) is 86.8 Å². The fraction of sp³-hybridized carbons (Fsp3) is 0.250. The van der Waals surface area contributed by atoms with Crippen molar-refractivity contribution in [1.82, 2.24) is 9.88 Å². The maximum Gasteiger partial charge on any atom is 0.322 e. The van der Waals surface area contributed by atoms with E-state index in [1.165, 1.54) is 5.56 Å². The van der Waals surface area contributed by atoms with Crippen LogP contribution in [0.1, 0.15) is 11.3 Å². The summed E-state index contributed by atoms with van der Waals surface area (Å²) in [6.45, 7) is 0.522. The van der Waals surface area contributed by atoms with Gasteiger partial charge in [-0.2, -0.15) is 0 Å². The summed E-state index contributed by atoms with van der Waals surface area (Å²) in [7, 11) is 0. The average Bonchev–Trinajstić information content (AvgIpc) is 3.30. The van der Waals surface area contributed by atoms with E-state index in [4.69, 9.17) is 9.47 Å². The zero-order valence-electron chi connectivity index (χ0n) is 14.6. The molecule has 0 saturated carbocycles. The van der Waals surface area contributed by atoms with Crippen molar-refractivity contribution in [1.29, 1.82) is 0 Å². The molecule has 2 aliphatic rings. The lowest BCUT2D eigenvalue weighted by atomic mass is 9.97. The molecule has 7 nitrogen and oxygen atoms in total. The van der Waals surface area contributed by atoms with Gasteiger partial charge in [-0.1, -0.05) is 18.2 Å². The lowest BCUT2D eigenvalue weighted by Crippen LogP contribution is -2.48. The van der Waals surface area contributed by atoms with Crippen LogP contribution in [-0.4, -0.2) is 40.5 Å². The number of carbonyl (C=O) groups excluding carboxylic acids is 1. The molecule has 0 saturated heterocycles. The molecule has 1 aromatic heterocycles. The van der Waals surface area contributed by atoms with E-state index in [0.717, 1.165) is 16.6 Å². The number of para-hydroxylation sites is 1. The van der Waals surface area contributed by atoms with Gasteiger partial charge < -0.3 is 29.8 Å². The molecule has 138 valence electrons. The molecule has 2 amide bonds. The normalized spacial score (nSPS) is 17.8. The quantitative estimate of drug-likeness (QED) is 0.652. The van der Waals surface area contributed by atoms with Crippen LogP contribution in [0.3, 0.4) is 0 Å². The third kappa shape index (κ3) is 2.67. The molecular formula is C20H19N3O4. The molecule has 3 heterocycles. The van der Waals surface area contributed by atoms with Crippen LogP contribution in [0.5, 0.6) is 11.5 Å². The van der Waals surface area contributed by atoms with Gasteiger partial charge in [-0.3, -0.25) is 0 Å². The summed E-state index contributed by atoms with van der Waals surface area (Å²) in [6, 6.07) is 12.8. The summed E-state index contributed by atoms with van der Waals surface area (Å²) in [5.74, 6) is 1.28. The number of aliphatic hydroxyl groups is 1. The smallest absolute Gasteiger partial charge is 0.322 e. The number of aromatic nitrogens is 1. The number of nitrogens with zero attached hydrogens (tertiary/aromatic N) is 1. The summed E-state index contributed by atoms with van der Waals surface area (Å²) >= 11 is 0. The number of aliphatic hydroxyl groups excluding tert-OH is 1. The highest BCUT2D eigenvalue weighted by molar-refractivity contribution is 5.91. The number of ether oxygens (including phenoxy) is 2. The van der Waals surface area contributed by atoms with Crippen molar-refractivity contribution in [2.45, 2.75) is 19.0 Å². The number of anilines is 1. The van der Waals surface area contributed by atoms with Crippen LogP contribution in [0.2, 0.25) is 0 Å². The van der Waals surface area contributed by atoms with Crippen LogP contribution in [0.25, 0.3) is 10.9 Å². The molecule has 0 radical (unpaired) electrons. The van der Waals surface area contributed by atoms with Crippen molar-refractivity contribution < 1.29 is 19.4 Å². The Morgan fingerprint density at radius 3 is 2.96 bits per heavy atom. The molecule has 1 unspecified atom stereocenters. The molecule has 3 aromatic rings. The molecule has 7 heteroatoms. The third-order valence-electron chi connectivity index (χ3n) is 5.21. The number of amides is 2. The van der Waals surface area contributed by atoms with Crippen molar-refractivity contribution in [3.8, 4) is 11.5 Å². The number of H-pyrrole nitrogens is 1. The van der Waals surface area contributed by atoms with E-state index in [9.17, 15) is 9.90 Å². The Morgan fingerprint density at radius 2 is 2.07 bits per heavy atom. The van der Waals surface area contributed by atoms with Crippen molar-refractivity contribution in [2.24, 2.45) is 0 Å². The van der Waals surface area contributed by atoms with Gasteiger partial charge in [0.2, 0.25) is 6.79 Å². The number of fused-ring (bicyclic) bond motifs is 4. The van der Waals surface area contributed by atoms with Crippen LogP contribution in [-0.2, 0) is 13.0 Å². The summed E-state index contributed by atoms with van der Waals surface area (Å²) in [5, 5.41) is 13.9. The lowest BCUT2D eigenvalue weighted by molar-refractivity contribution is 0.129. The minimum absolute atomic E-state index is 0.0898. The van der Waals surface area contributed by atoms with Crippen LogP contribution >= 0.6 is 0 Å². The second-order valence-electron chi connectivity index (χ2n) is 6.79. The predicted octanol–water partition coefficient (Wildman–Crippen LogP) is 2.85. The van der Waals surface area contributed by atoms with Gasteiger partial charge in [-0.05, 0) is 30.2 Å². The zero-order valence-corrected chi connectivity index (χ0v) is 14.6. The first kappa shape index (κ1) is 16.0.